The predicted molar refractivity (Wildman–Crippen MR) is 97.5 cm³/mol. The van der Waals surface area contributed by atoms with Gasteiger partial charge < -0.3 is 14.9 Å². The molecule has 134 valence electrons. The first-order valence-corrected chi connectivity index (χ1v) is 8.94. The van der Waals surface area contributed by atoms with Crippen molar-refractivity contribution in [3.63, 3.8) is 0 Å². The van der Waals surface area contributed by atoms with Gasteiger partial charge >= 0.3 is 5.97 Å². The number of amides is 1. The zero-order chi connectivity index (χ0) is 18.0. The van der Waals surface area contributed by atoms with Gasteiger partial charge in [0.1, 0.15) is 0 Å². The van der Waals surface area contributed by atoms with Crippen LogP contribution in [0.2, 0.25) is 0 Å². The molecule has 0 saturated carbocycles. The smallest absolute Gasteiger partial charge is 0.307 e. The van der Waals surface area contributed by atoms with E-state index in [1.54, 1.807) is 0 Å². The average molecular weight is 342 g/mol. The molecular formula is C20H26N2O3. The highest BCUT2D eigenvalue weighted by Gasteiger charge is 2.39. The maximum Gasteiger partial charge on any atom is 0.307 e. The molecule has 3 rings (SSSR count). The Morgan fingerprint density at radius 3 is 2.04 bits per heavy atom. The molecule has 1 aromatic carbocycles. The third kappa shape index (κ3) is 3.70. The quantitative estimate of drug-likeness (QED) is 0.858. The maximum atomic E-state index is 13.0. The van der Waals surface area contributed by atoms with Crippen LogP contribution in [0.4, 0.5) is 5.69 Å². The van der Waals surface area contributed by atoms with Crippen LogP contribution in [0, 0.1) is 11.8 Å². The number of nitrogens with zero attached hydrogens (tertiary/aromatic N) is 2. The fourth-order valence-electron chi connectivity index (χ4n) is 3.87. The Hall–Kier alpha value is -2.30. The van der Waals surface area contributed by atoms with Gasteiger partial charge in [-0.15, -0.1) is 0 Å². The number of carboxylic acids is 1. The number of rotatable bonds is 3. The molecule has 1 fully saturated rings. The molecule has 0 aromatic heterocycles. The molecule has 1 heterocycles. The van der Waals surface area contributed by atoms with Gasteiger partial charge in [0, 0.05) is 31.9 Å². The van der Waals surface area contributed by atoms with Gasteiger partial charge in [0.25, 0.3) is 0 Å². The standard InChI is InChI=1S/C20H26N2O3/c1-14-12-17(18(20(24)25)13-15(14)2)19(23)22-10-8-21(9-11-22)16-6-4-3-5-7-16/h3-7,17-18H,8-13H2,1-2H3,(H,24,25)/t17-,18+/m1/s1. The molecule has 1 saturated heterocycles. The van der Waals surface area contributed by atoms with Crippen LogP contribution >= 0.6 is 0 Å². The minimum absolute atomic E-state index is 0.00645. The van der Waals surface area contributed by atoms with E-state index in [2.05, 4.69) is 17.0 Å². The first kappa shape index (κ1) is 17.5. The maximum absolute atomic E-state index is 13.0. The first-order chi connectivity index (χ1) is 12.0. The predicted octanol–water partition coefficient (Wildman–Crippen LogP) is 2.78. The zero-order valence-corrected chi connectivity index (χ0v) is 14.9. The molecule has 5 nitrogen and oxygen atoms in total. The number of hydrogen-bond donors (Lipinski definition) is 1. The molecule has 2 aliphatic rings. The summed E-state index contributed by atoms with van der Waals surface area (Å²) in [6, 6.07) is 10.2. The number of carbonyl (C=O) groups excluding carboxylic acids is 1. The molecular weight excluding hydrogens is 316 g/mol. The summed E-state index contributed by atoms with van der Waals surface area (Å²) in [5.74, 6) is -1.87. The van der Waals surface area contributed by atoms with Crippen LogP contribution in [0.15, 0.2) is 41.5 Å². The van der Waals surface area contributed by atoms with Crippen LogP contribution in [0.3, 0.4) is 0 Å². The highest BCUT2D eigenvalue weighted by atomic mass is 16.4. The van der Waals surface area contributed by atoms with Gasteiger partial charge in [0.2, 0.25) is 5.91 Å². The SMILES string of the molecule is CC1=C(C)C[C@@H](C(=O)N2CCN(c3ccccc3)CC2)[C@@H](C(=O)O)C1. The van der Waals surface area contributed by atoms with Crippen molar-refractivity contribution in [1.29, 1.82) is 0 Å². The summed E-state index contributed by atoms with van der Waals surface area (Å²) < 4.78 is 0. The third-order valence-electron chi connectivity index (χ3n) is 5.61. The molecule has 0 radical (unpaired) electrons. The second-order valence-electron chi connectivity index (χ2n) is 7.17. The minimum atomic E-state index is -0.854. The summed E-state index contributed by atoms with van der Waals surface area (Å²) in [4.78, 5) is 28.8. The lowest BCUT2D eigenvalue weighted by Gasteiger charge is -2.39. The molecule has 0 spiro atoms. The summed E-state index contributed by atoms with van der Waals surface area (Å²) in [5, 5.41) is 9.55. The van der Waals surface area contributed by atoms with Crippen molar-refractivity contribution in [2.75, 3.05) is 31.1 Å². The Morgan fingerprint density at radius 1 is 0.920 bits per heavy atom. The average Bonchev–Trinajstić information content (AvgIpc) is 2.63. The molecule has 25 heavy (non-hydrogen) atoms. The lowest BCUT2D eigenvalue weighted by Crippen LogP contribution is -2.52. The monoisotopic (exact) mass is 342 g/mol. The van der Waals surface area contributed by atoms with Crippen LogP contribution in [-0.4, -0.2) is 48.1 Å². The number of piperazine rings is 1. The van der Waals surface area contributed by atoms with Gasteiger partial charge in [-0.1, -0.05) is 29.3 Å². The molecule has 1 amide bonds. The number of benzene rings is 1. The highest BCUT2D eigenvalue weighted by molar-refractivity contribution is 5.86. The lowest BCUT2D eigenvalue weighted by atomic mass is 9.76. The number of allylic oxidation sites excluding steroid dienone is 2. The number of anilines is 1. The van der Waals surface area contributed by atoms with Crippen LogP contribution < -0.4 is 4.90 Å². The molecule has 1 N–H and O–H groups in total. The summed E-state index contributed by atoms with van der Waals surface area (Å²) in [6.07, 6.45) is 1.06. The van der Waals surface area contributed by atoms with Crippen molar-refractivity contribution in [1.82, 2.24) is 4.90 Å². The van der Waals surface area contributed by atoms with Crippen LogP contribution in [0.25, 0.3) is 0 Å². The molecule has 1 aliphatic carbocycles. The van der Waals surface area contributed by atoms with Gasteiger partial charge in [0.15, 0.2) is 0 Å². The van der Waals surface area contributed by atoms with E-state index >= 15 is 0 Å². The first-order valence-electron chi connectivity index (χ1n) is 8.94. The summed E-state index contributed by atoms with van der Waals surface area (Å²) in [5.41, 5.74) is 3.45. The lowest BCUT2D eigenvalue weighted by molar-refractivity contribution is -0.151. The van der Waals surface area contributed by atoms with E-state index in [0.717, 1.165) is 18.7 Å². The van der Waals surface area contributed by atoms with E-state index in [9.17, 15) is 14.7 Å². The zero-order valence-electron chi connectivity index (χ0n) is 14.9. The van der Waals surface area contributed by atoms with Gasteiger partial charge in [-0.3, -0.25) is 9.59 Å². The molecule has 0 unspecified atom stereocenters. The summed E-state index contributed by atoms with van der Waals surface area (Å²) >= 11 is 0. The fourth-order valence-corrected chi connectivity index (χ4v) is 3.87. The van der Waals surface area contributed by atoms with Gasteiger partial charge in [-0.25, -0.2) is 0 Å². The third-order valence-corrected chi connectivity index (χ3v) is 5.61. The van der Waals surface area contributed by atoms with Gasteiger partial charge in [-0.05, 0) is 38.8 Å². The van der Waals surface area contributed by atoms with E-state index in [1.165, 1.54) is 11.3 Å². The van der Waals surface area contributed by atoms with Gasteiger partial charge in [-0.2, -0.15) is 0 Å². The molecule has 1 aromatic rings. The second-order valence-corrected chi connectivity index (χ2v) is 7.17. The molecule has 0 bridgehead atoms. The molecule has 5 heteroatoms. The van der Waals surface area contributed by atoms with E-state index < -0.39 is 17.8 Å². The van der Waals surface area contributed by atoms with Crippen molar-refractivity contribution in [3.05, 3.63) is 41.5 Å². The summed E-state index contributed by atoms with van der Waals surface area (Å²) in [7, 11) is 0. The molecule has 2 atom stereocenters. The van der Waals surface area contributed by atoms with E-state index in [-0.39, 0.29) is 5.91 Å². The number of carbonyl (C=O) groups is 2. The van der Waals surface area contributed by atoms with Crippen molar-refractivity contribution in [2.45, 2.75) is 26.7 Å². The number of aliphatic carboxylic acids is 1. The Kier molecular flexibility index (Phi) is 5.11. The van der Waals surface area contributed by atoms with Crippen molar-refractivity contribution < 1.29 is 14.7 Å². The normalized spacial score (nSPS) is 24.4. The van der Waals surface area contributed by atoms with Gasteiger partial charge in [0.05, 0.1) is 11.8 Å². The Balaban J connectivity index is 1.66. The number of hydrogen-bond acceptors (Lipinski definition) is 3. The molecule has 1 aliphatic heterocycles. The Labute approximate surface area is 148 Å². The van der Waals surface area contributed by atoms with Crippen LogP contribution in [0.1, 0.15) is 26.7 Å². The van der Waals surface area contributed by atoms with Crippen molar-refractivity contribution >= 4 is 17.6 Å². The van der Waals surface area contributed by atoms with E-state index in [0.29, 0.717) is 25.9 Å². The Bertz CT molecular complexity index is 675. The number of para-hydroxylation sites is 1. The topological polar surface area (TPSA) is 60.9 Å². The highest BCUT2D eigenvalue weighted by Crippen LogP contribution is 2.35. The fraction of sp³-hybridized carbons (Fsp3) is 0.500. The van der Waals surface area contributed by atoms with Crippen LogP contribution in [-0.2, 0) is 9.59 Å². The minimum Gasteiger partial charge on any atom is -0.481 e. The largest absolute Gasteiger partial charge is 0.481 e. The number of carboxylic acid groups (broad SMARTS) is 1. The second kappa shape index (κ2) is 7.30. The van der Waals surface area contributed by atoms with E-state index in [4.69, 9.17) is 0 Å². The summed E-state index contributed by atoms with van der Waals surface area (Å²) in [6.45, 7) is 6.87. The van der Waals surface area contributed by atoms with E-state index in [1.807, 2.05) is 36.9 Å². The Morgan fingerprint density at radius 2 is 1.48 bits per heavy atom. The van der Waals surface area contributed by atoms with Crippen molar-refractivity contribution in [2.24, 2.45) is 11.8 Å². The van der Waals surface area contributed by atoms with Crippen molar-refractivity contribution in [3.8, 4) is 0 Å². The van der Waals surface area contributed by atoms with Crippen LogP contribution in [0.5, 0.6) is 0 Å².